The van der Waals surface area contributed by atoms with Gasteiger partial charge in [-0.05, 0) is 116 Å². The van der Waals surface area contributed by atoms with Crippen molar-refractivity contribution in [2.75, 3.05) is 81.4 Å². The van der Waals surface area contributed by atoms with Crippen molar-refractivity contribution in [2.45, 2.75) is 92.0 Å². The minimum absolute atomic E-state index is 0.0257. The van der Waals surface area contributed by atoms with Crippen molar-refractivity contribution in [3.05, 3.63) is 89.5 Å². The van der Waals surface area contributed by atoms with Crippen LogP contribution in [0.25, 0.3) is 0 Å². The maximum atomic E-state index is 14.2. The van der Waals surface area contributed by atoms with Gasteiger partial charge in [0, 0.05) is 93.4 Å². The average molecular weight is 943 g/mol. The summed E-state index contributed by atoms with van der Waals surface area (Å²) >= 11 is 1.47. The topological polar surface area (TPSA) is 131 Å². The lowest BCUT2D eigenvalue weighted by Gasteiger charge is -2.72. The van der Waals surface area contributed by atoms with Gasteiger partial charge < -0.3 is 20.4 Å². The predicted molar refractivity (Wildman–Crippen MR) is 247 cm³/mol. The first-order valence-corrected chi connectivity index (χ1v) is 26.4. The van der Waals surface area contributed by atoms with Gasteiger partial charge in [0.2, 0.25) is 0 Å². The zero-order valence-corrected chi connectivity index (χ0v) is 39.4. The van der Waals surface area contributed by atoms with Crippen LogP contribution in [0.5, 0.6) is 0 Å². The maximum absolute atomic E-state index is 14.2. The molecule has 17 heteroatoms. The molecule has 2 bridgehead atoms. The first-order valence-electron chi connectivity index (χ1n) is 22.4. The highest BCUT2D eigenvalue weighted by molar-refractivity contribution is 7.99. The van der Waals surface area contributed by atoms with Crippen molar-refractivity contribution in [1.29, 1.82) is 0 Å². The van der Waals surface area contributed by atoms with Crippen molar-refractivity contribution in [3.63, 3.8) is 0 Å². The number of anilines is 2. The fraction of sp³-hybridized carbons (Fsp3) is 0.553. The van der Waals surface area contributed by atoms with Crippen molar-refractivity contribution in [1.82, 2.24) is 19.8 Å². The Morgan fingerprint density at radius 3 is 2.17 bits per heavy atom. The molecule has 348 valence electrons. The number of hydrogen-bond acceptors (Lipinski definition) is 11. The minimum atomic E-state index is -6.03. The summed E-state index contributed by atoms with van der Waals surface area (Å²) in [5, 5.41) is 6.30. The summed E-state index contributed by atoms with van der Waals surface area (Å²) in [5.41, 5.74) is -0.411. The summed E-state index contributed by atoms with van der Waals surface area (Å²) in [5.74, 6) is -0.604. The molecule has 2 heterocycles. The third-order valence-corrected chi connectivity index (χ3v) is 18.1. The molecule has 1 unspecified atom stereocenters. The zero-order chi connectivity index (χ0) is 45.5. The summed E-state index contributed by atoms with van der Waals surface area (Å²) in [6, 6.07) is 18.0. The second kappa shape index (κ2) is 18.2. The second-order valence-corrected chi connectivity index (χ2v) is 24.4. The highest BCUT2D eigenvalue weighted by Crippen LogP contribution is 2.77. The van der Waals surface area contributed by atoms with E-state index in [0.717, 1.165) is 81.6 Å². The van der Waals surface area contributed by atoms with E-state index in [-0.39, 0.29) is 11.3 Å². The van der Waals surface area contributed by atoms with E-state index < -0.39 is 47.1 Å². The number of sulfonamides is 1. The number of nitrogens with zero attached hydrogens (tertiary/aromatic N) is 3. The number of piperazine rings is 2. The maximum Gasteiger partial charge on any atom is 0.501 e. The average Bonchev–Trinajstić information content (AvgIpc) is 3.24. The minimum Gasteiger partial charge on any atom is -0.380 e. The molecule has 3 aromatic carbocycles. The lowest BCUT2D eigenvalue weighted by Crippen LogP contribution is -2.61. The molecule has 3 aromatic rings. The Morgan fingerprint density at radius 2 is 1.53 bits per heavy atom. The number of alkyl halides is 3. The van der Waals surface area contributed by atoms with Crippen LogP contribution in [0.2, 0.25) is 0 Å². The zero-order valence-electron chi connectivity index (χ0n) is 37.0. The smallest absolute Gasteiger partial charge is 0.380 e. The molecule has 0 aromatic heterocycles. The normalized spacial score (nSPS) is 24.7. The van der Waals surface area contributed by atoms with Crippen LogP contribution in [-0.4, -0.2) is 115 Å². The van der Waals surface area contributed by atoms with E-state index >= 15 is 0 Å². The van der Waals surface area contributed by atoms with Gasteiger partial charge in [0.1, 0.15) is 4.90 Å². The monoisotopic (exact) mass is 942 g/mol. The number of nitrogens with one attached hydrogen (secondary N) is 3. The van der Waals surface area contributed by atoms with Crippen LogP contribution < -0.4 is 20.3 Å². The van der Waals surface area contributed by atoms with Gasteiger partial charge in [0.05, 0.1) is 10.6 Å². The molecule has 3 saturated carbocycles. The molecule has 1 atom stereocenters. The van der Waals surface area contributed by atoms with Gasteiger partial charge in [-0.1, -0.05) is 50.1 Å². The third-order valence-electron chi connectivity index (χ3n) is 14.0. The number of rotatable bonds is 16. The Labute approximate surface area is 381 Å². The van der Waals surface area contributed by atoms with Gasteiger partial charge in [0.25, 0.3) is 25.8 Å². The van der Waals surface area contributed by atoms with Crippen LogP contribution in [-0.2, 0) is 19.9 Å². The highest BCUT2D eigenvalue weighted by atomic mass is 32.2. The van der Waals surface area contributed by atoms with Crippen LogP contribution in [0.3, 0.4) is 0 Å². The SMILES string of the molecule is CC1(C)CCC(CN2CCN(c3ccc(C(=O)NS(=O)(=O)c4ccc(NC(CCN5CCNCC5)CSc5ccccc5)c(S(=O)(=O)C(F)(F)F)c4)cc3)CC2)=C(C23CC(C)(C2)C3)C1. The molecule has 2 aliphatic heterocycles. The van der Waals surface area contributed by atoms with Crippen LogP contribution in [0.4, 0.5) is 24.5 Å². The fourth-order valence-corrected chi connectivity index (χ4v) is 13.7. The Kier molecular flexibility index (Phi) is 13.4. The molecule has 5 fully saturated rings. The standard InChI is InChI=1S/C47H61F3N6O5S3/c1-44(2)17-15-35(40(28-44)46-31-45(3,32-46)33-46)29-55-23-25-56(26-24-55)37-11-9-34(10-12-37)43(57)53-64(60,61)39-13-14-41(42(27-39)63(58,59)47(48,49)50)52-36(16-20-54-21-18-51-19-22-54)30-62-38-7-5-4-6-8-38/h4-14,27,36,51-52H,15-26,28-33H2,1-3H3,(H,53,57). The van der Waals surface area contributed by atoms with E-state index in [4.69, 9.17) is 0 Å². The van der Waals surface area contributed by atoms with E-state index in [1.807, 2.05) is 35.1 Å². The van der Waals surface area contributed by atoms with E-state index in [9.17, 15) is 34.8 Å². The first-order chi connectivity index (χ1) is 30.2. The second-order valence-electron chi connectivity index (χ2n) is 19.7. The van der Waals surface area contributed by atoms with Crippen molar-refractivity contribution in [3.8, 4) is 0 Å². The van der Waals surface area contributed by atoms with Gasteiger partial charge in [-0.3, -0.25) is 9.69 Å². The van der Waals surface area contributed by atoms with Crippen LogP contribution in [0, 0.1) is 16.2 Å². The molecule has 3 N–H and O–H groups in total. The van der Waals surface area contributed by atoms with Crippen molar-refractivity contribution in [2.24, 2.45) is 16.2 Å². The first kappa shape index (κ1) is 46.9. The summed E-state index contributed by atoms with van der Waals surface area (Å²) in [6.45, 7) is 15.5. The Balaban J connectivity index is 0.922. The number of amides is 1. The molecule has 64 heavy (non-hydrogen) atoms. The lowest BCUT2D eigenvalue weighted by molar-refractivity contribution is -0.167. The van der Waals surface area contributed by atoms with Gasteiger partial charge in [-0.2, -0.15) is 13.2 Å². The molecule has 0 radical (unpaired) electrons. The highest BCUT2D eigenvalue weighted by Gasteiger charge is 2.66. The Morgan fingerprint density at radius 1 is 0.859 bits per heavy atom. The summed E-state index contributed by atoms with van der Waals surface area (Å²) < 4.78 is 97.8. The van der Waals surface area contributed by atoms with Gasteiger partial charge in [0.15, 0.2) is 0 Å². The molecule has 2 saturated heterocycles. The van der Waals surface area contributed by atoms with Crippen LogP contribution in [0.1, 0.15) is 76.1 Å². The number of allylic oxidation sites excluding steroid dienone is 1. The van der Waals surface area contributed by atoms with Crippen LogP contribution in [0.15, 0.2) is 98.6 Å². The summed E-state index contributed by atoms with van der Waals surface area (Å²) in [4.78, 5) is 19.3. The molecule has 0 spiro atoms. The fourth-order valence-electron chi connectivity index (χ4n) is 10.7. The largest absolute Gasteiger partial charge is 0.501 e. The van der Waals surface area contributed by atoms with Crippen molar-refractivity contribution >= 4 is 48.9 Å². The number of hydrogen-bond donors (Lipinski definition) is 3. The van der Waals surface area contributed by atoms with Gasteiger partial charge >= 0.3 is 5.51 Å². The van der Waals surface area contributed by atoms with E-state index in [1.54, 1.807) is 23.3 Å². The van der Waals surface area contributed by atoms with Crippen LogP contribution >= 0.6 is 11.8 Å². The Hall–Kier alpha value is -3.61. The van der Waals surface area contributed by atoms with Crippen molar-refractivity contribution < 1.29 is 34.8 Å². The molecular formula is C47H61F3N6O5S3. The van der Waals surface area contributed by atoms with Gasteiger partial charge in [-0.25, -0.2) is 21.6 Å². The number of halogens is 3. The lowest BCUT2D eigenvalue weighted by atomic mass is 9.33. The molecular weight excluding hydrogens is 882 g/mol. The molecule has 9 rings (SSSR count). The van der Waals surface area contributed by atoms with E-state index in [1.165, 1.54) is 62.4 Å². The quantitative estimate of drug-likeness (QED) is 0.0962. The number of thioether (sulfide) groups is 1. The summed E-state index contributed by atoms with van der Waals surface area (Å²) in [7, 11) is -10.8. The molecule has 11 nitrogen and oxygen atoms in total. The van der Waals surface area contributed by atoms with Gasteiger partial charge in [-0.15, -0.1) is 11.8 Å². The number of sulfone groups is 1. The number of carbonyl (C=O) groups is 1. The molecule has 1 amide bonds. The van der Waals surface area contributed by atoms with E-state index in [2.05, 4.69) is 46.1 Å². The predicted octanol–water partition coefficient (Wildman–Crippen LogP) is 7.79. The third kappa shape index (κ3) is 10.3. The number of benzene rings is 3. The van der Waals surface area contributed by atoms with E-state index in [0.29, 0.717) is 41.0 Å². The summed E-state index contributed by atoms with van der Waals surface area (Å²) in [6.07, 6.45) is 8.10. The molecule has 6 aliphatic rings. The molecule has 4 aliphatic carbocycles. The number of carbonyl (C=O) groups excluding carboxylic acids is 1. The Bertz CT molecular complexity index is 2410.